The van der Waals surface area contributed by atoms with E-state index in [1.165, 1.54) is 16.0 Å². The zero-order valence-corrected chi connectivity index (χ0v) is 12.4. The molecule has 0 aliphatic rings. The molecule has 0 aliphatic heterocycles. The van der Waals surface area contributed by atoms with Gasteiger partial charge in [0.2, 0.25) is 0 Å². The van der Waals surface area contributed by atoms with Crippen LogP contribution in [0.2, 0.25) is 0 Å². The molecule has 0 saturated heterocycles. The second kappa shape index (κ2) is 7.37. The minimum Gasteiger partial charge on any atom is -0.309 e. The number of thioether (sulfide) groups is 1. The van der Waals surface area contributed by atoms with Crippen LogP contribution in [0.15, 0.2) is 59.5 Å². The first-order chi connectivity index (χ1) is 9.25. The zero-order valence-electron chi connectivity index (χ0n) is 11.6. The summed E-state index contributed by atoms with van der Waals surface area (Å²) in [5, 5.41) is 3.58. The van der Waals surface area contributed by atoms with E-state index in [4.69, 9.17) is 0 Å². The summed E-state index contributed by atoms with van der Waals surface area (Å²) in [5.41, 5.74) is 2.69. The summed E-state index contributed by atoms with van der Waals surface area (Å²) in [6.45, 7) is 5.39. The molecule has 0 radical (unpaired) electrons. The van der Waals surface area contributed by atoms with Crippen molar-refractivity contribution in [2.45, 2.75) is 24.8 Å². The van der Waals surface area contributed by atoms with Crippen molar-refractivity contribution in [3.63, 3.8) is 0 Å². The maximum atomic E-state index is 3.58. The van der Waals surface area contributed by atoms with Gasteiger partial charge in [-0.25, -0.2) is 0 Å². The highest BCUT2D eigenvalue weighted by atomic mass is 32.2. The Morgan fingerprint density at radius 1 is 1.05 bits per heavy atom. The van der Waals surface area contributed by atoms with Gasteiger partial charge < -0.3 is 5.32 Å². The van der Waals surface area contributed by atoms with Crippen LogP contribution in [0.25, 0.3) is 0 Å². The van der Waals surface area contributed by atoms with Crippen molar-refractivity contribution in [3.8, 4) is 0 Å². The molecule has 0 bridgehead atoms. The van der Waals surface area contributed by atoms with Crippen molar-refractivity contribution in [2.24, 2.45) is 0 Å². The summed E-state index contributed by atoms with van der Waals surface area (Å²) in [4.78, 5) is 1.34. The lowest BCUT2D eigenvalue weighted by molar-refractivity contribution is 0.601. The number of benzene rings is 2. The van der Waals surface area contributed by atoms with Gasteiger partial charge in [-0.1, -0.05) is 48.0 Å². The first-order valence-electron chi connectivity index (χ1n) is 6.73. The van der Waals surface area contributed by atoms with E-state index in [9.17, 15) is 0 Å². The van der Waals surface area contributed by atoms with Gasteiger partial charge in [0.1, 0.15) is 0 Å². The van der Waals surface area contributed by atoms with Crippen LogP contribution >= 0.6 is 11.8 Å². The number of nitrogens with one attached hydrogen (secondary N) is 1. The Bertz CT molecular complexity index is 496. The highest BCUT2D eigenvalue weighted by molar-refractivity contribution is 7.99. The Morgan fingerprint density at radius 2 is 1.84 bits per heavy atom. The maximum Gasteiger partial charge on any atom is 0.0292 e. The smallest absolute Gasteiger partial charge is 0.0292 e. The molecular formula is C17H21NS. The molecule has 100 valence electrons. The van der Waals surface area contributed by atoms with Crippen LogP contribution in [0.5, 0.6) is 0 Å². The molecule has 2 heteroatoms. The van der Waals surface area contributed by atoms with Gasteiger partial charge in [0.05, 0.1) is 0 Å². The van der Waals surface area contributed by atoms with E-state index in [1.807, 2.05) is 11.8 Å². The van der Waals surface area contributed by atoms with Crippen molar-refractivity contribution in [1.29, 1.82) is 0 Å². The molecule has 2 rings (SSSR count). The number of aryl methyl sites for hydroxylation is 1. The van der Waals surface area contributed by atoms with Crippen LogP contribution in [-0.4, -0.2) is 12.3 Å². The molecule has 0 aromatic heterocycles. The van der Waals surface area contributed by atoms with Crippen LogP contribution < -0.4 is 5.32 Å². The predicted octanol–water partition coefficient (Wildman–Crippen LogP) is 4.44. The lowest BCUT2D eigenvalue weighted by atomic mass is 10.1. The molecule has 0 fully saturated rings. The van der Waals surface area contributed by atoms with Crippen LogP contribution in [0.3, 0.4) is 0 Å². The predicted molar refractivity (Wildman–Crippen MR) is 84.8 cm³/mol. The summed E-state index contributed by atoms with van der Waals surface area (Å²) in [6, 6.07) is 19.7. The van der Waals surface area contributed by atoms with Gasteiger partial charge in [-0.2, -0.15) is 0 Å². The lowest BCUT2D eigenvalue weighted by Gasteiger charge is -2.14. The zero-order chi connectivity index (χ0) is 13.5. The Labute approximate surface area is 120 Å². The minimum absolute atomic E-state index is 0.413. The SMILES string of the molecule is Cc1cccc([C@H](C)NCCSc2ccccc2)c1. The van der Waals surface area contributed by atoms with E-state index >= 15 is 0 Å². The molecule has 1 nitrogen and oxygen atoms in total. The molecule has 19 heavy (non-hydrogen) atoms. The van der Waals surface area contributed by atoms with E-state index < -0.39 is 0 Å². The fraction of sp³-hybridized carbons (Fsp3) is 0.294. The van der Waals surface area contributed by atoms with Crippen molar-refractivity contribution >= 4 is 11.8 Å². The third-order valence-electron chi connectivity index (χ3n) is 3.11. The summed E-state index contributed by atoms with van der Waals surface area (Å²) in [7, 11) is 0. The second-order valence-corrected chi connectivity index (χ2v) is 5.92. The van der Waals surface area contributed by atoms with Gasteiger partial charge in [0.25, 0.3) is 0 Å². The largest absolute Gasteiger partial charge is 0.309 e. The summed E-state index contributed by atoms with van der Waals surface area (Å²) in [6.07, 6.45) is 0. The van der Waals surface area contributed by atoms with E-state index in [0.717, 1.165) is 12.3 Å². The molecule has 0 heterocycles. The van der Waals surface area contributed by atoms with E-state index in [0.29, 0.717) is 6.04 Å². The molecule has 0 amide bonds. The summed E-state index contributed by atoms with van der Waals surface area (Å²) < 4.78 is 0. The molecule has 1 atom stereocenters. The maximum absolute atomic E-state index is 3.58. The summed E-state index contributed by atoms with van der Waals surface area (Å²) >= 11 is 1.90. The lowest BCUT2D eigenvalue weighted by Crippen LogP contribution is -2.21. The van der Waals surface area contributed by atoms with Gasteiger partial charge in [0, 0.05) is 23.2 Å². The molecule has 2 aromatic carbocycles. The fourth-order valence-electron chi connectivity index (χ4n) is 2.02. The van der Waals surface area contributed by atoms with Gasteiger partial charge >= 0.3 is 0 Å². The van der Waals surface area contributed by atoms with E-state index in [1.54, 1.807) is 0 Å². The Morgan fingerprint density at radius 3 is 2.58 bits per heavy atom. The molecule has 0 aliphatic carbocycles. The third-order valence-corrected chi connectivity index (χ3v) is 4.12. The quantitative estimate of drug-likeness (QED) is 0.616. The molecule has 1 N–H and O–H groups in total. The molecule has 2 aromatic rings. The van der Waals surface area contributed by atoms with Gasteiger partial charge in [-0.15, -0.1) is 11.8 Å². The average Bonchev–Trinajstić information content (AvgIpc) is 2.44. The minimum atomic E-state index is 0.413. The third kappa shape index (κ3) is 4.73. The highest BCUT2D eigenvalue weighted by Crippen LogP contribution is 2.17. The highest BCUT2D eigenvalue weighted by Gasteiger charge is 2.04. The first-order valence-corrected chi connectivity index (χ1v) is 7.72. The fourth-order valence-corrected chi connectivity index (χ4v) is 2.82. The molecule has 0 saturated carbocycles. The first kappa shape index (κ1) is 14.2. The second-order valence-electron chi connectivity index (χ2n) is 4.75. The van der Waals surface area contributed by atoms with Crippen LogP contribution in [0.1, 0.15) is 24.1 Å². The number of rotatable bonds is 6. The van der Waals surface area contributed by atoms with Crippen molar-refractivity contribution in [2.75, 3.05) is 12.3 Å². The normalized spacial score (nSPS) is 12.3. The topological polar surface area (TPSA) is 12.0 Å². The van der Waals surface area contributed by atoms with Crippen molar-refractivity contribution in [1.82, 2.24) is 5.32 Å². The Kier molecular flexibility index (Phi) is 5.49. The van der Waals surface area contributed by atoms with Crippen LogP contribution in [-0.2, 0) is 0 Å². The van der Waals surface area contributed by atoms with Crippen molar-refractivity contribution in [3.05, 3.63) is 65.7 Å². The molecule has 0 unspecified atom stereocenters. The Balaban J connectivity index is 1.74. The van der Waals surface area contributed by atoms with Crippen LogP contribution in [0, 0.1) is 6.92 Å². The standard InChI is InChI=1S/C17H21NS/c1-14-7-6-8-16(13-14)15(2)18-11-12-19-17-9-4-3-5-10-17/h3-10,13,15,18H,11-12H2,1-2H3/t15-/m0/s1. The number of hydrogen-bond acceptors (Lipinski definition) is 2. The average molecular weight is 271 g/mol. The van der Waals surface area contributed by atoms with E-state index in [2.05, 4.69) is 73.8 Å². The number of hydrogen-bond donors (Lipinski definition) is 1. The summed E-state index contributed by atoms with van der Waals surface area (Å²) in [5.74, 6) is 1.10. The molecule has 0 spiro atoms. The Hall–Kier alpha value is -1.25. The van der Waals surface area contributed by atoms with E-state index in [-0.39, 0.29) is 0 Å². The van der Waals surface area contributed by atoms with Crippen LogP contribution in [0.4, 0.5) is 0 Å². The molecular weight excluding hydrogens is 250 g/mol. The van der Waals surface area contributed by atoms with Gasteiger partial charge in [0.15, 0.2) is 0 Å². The van der Waals surface area contributed by atoms with Gasteiger partial charge in [-0.3, -0.25) is 0 Å². The van der Waals surface area contributed by atoms with Gasteiger partial charge in [-0.05, 0) is 31.5 Å². The monoisotopic (exact) mass is 271 g/mol. The van der Waals surface area contributed by atoms with Crippen molar-refractivity contribution < 1.29 is 0 Å².